The van der Waals surface area contributed by atoms with Gasteiger partial charge in [-0.2, -0.15) is 13.2 Å². The molecular weight excluding hydrogens is 413 g/mol. The van der Waals surface area contributed by atoms with Crippen LogP contribution < -0.4 is 0 Å². The summed E-state index contributed by atoms with van der Waals surface area (Å²) in [5.41, 5.74) is 2.30. The fraction of sp³-hybridized carbons (Fsp3) is 0.318. The molecule has 0 heterocycles. The maximum atomic E-state index is 13.0. The highest BCUT2D eigenvalue weighted by molar-refractivity contribution is 6.43. The highest BCUT2D eigenvalue weighted by atomic mass is 19.4. The molecule has 2 aromatic rings. The van der Waals surface area contributed by atoms with Crippen LogP contribution in [0.15, 0.2) is 46.7 Å². The van der Waals surface area contributed by atoms with Gasteiger partial charge in [0.25, 0.3) is 0 Å². The molecule has 0 atom stereocenters. The van der Waals surface area contributed by atoms with Gasteiger partial charge in [0.1, 0.15) is 13.7 Å². The quantitative estimate of drug-likeness (QED) is 0.356. The van der Waals surface area contributed by atoms with Crippen LogP contribution in [0.1, 0.15) is 40.3 Å². The van der Waals surface area contributed by atoms with Crippen LogP contribution in [0, 0.1) is 13.8 Å². The molecule has 0 saturated carbocycles. The van der Waals surface area contributed by atoms with Crippen molar-refractivity contribution in [1.29, 1.82) is 0 Å². The first-order valence-electron chi connectivity index (χ1n) is 9.23. The molecule has 0 aliphatic carbocycles. The van der Waals surface area contributed by atoms with Crippen LogP contribution in [0.5, 0.6) is 0 Å². The van der Waals surface area contributed by atoms with Crippen LogP contribution in [0.25, 0.3) is 0 Å². The molecule has 0 saturated heterocycles. The molecule has 6 nitrogen and oxygen atoms in total. The predicted molar refractivity (Wildman–Crippen MR) is 110 cm³/mol. The summed E-state index contributed by atoms with van der Waals surface area (Å²) in [7, 11) is 2.53. The maximum Gasteiger partial charge on any atom is 0.416 e. The van der Waals surface area contributed by atoms with Gasteiger partial charge in [0.15, 0.2) is 5.71 Å². The van der Waals surface area contributed by atoms with E-state index in [1.807, 2.05) is 13.0 Å². The van der Waals surface area contributed by atoms with E-state index in [0.29, 0.717) is 22.3 Å². The molecule has 2 rings (SSSR count). The Kier molecular flexibility index (Phi) is 7.79. The number of hydrogen-bond donors (Lipinski definition) is 0. The van der Waals surface area contributed by atoms with Crippen LogP contribution >= 0.6 is 0 Å². The summed E-state index contributed by atoms with van der Waals surface area (Å²) in [4.78, 5) is 22.3. The van der Waals surface area contributed by atoms with Gasteiger partial charge in [-0.05, 0) is 44.0 Å². The SMILES string of the molecule is CO/N=C(/C(=O)OC)c1cccc(C)c1CO/N=C(\C)c1cc(C(F)(F)F)ccc1C. The standard InChI is InChI=1S/C22H23F3N2O4/c1-13-7-6-8-17(20(27-30-5)21(28)29-4)19(13)12-31-26-15(3)18-11-16(22(23,24)25)10-9-14(18)2/h6-11H,12H2,1-5H3/b26-15+,27-20+. The molecule has 0 N–H and O–H groups in total. The topological polar surface area (TPSA) is 69.5 Å². The van der Waals surface area contributed by atoms with E-state index in [9.17, 15) is 18.0 Å². The smallest absolute Gasteiger partial charge is 0.416 e. The van der Waals surface area contributed by atoms with Gasteiger partial charge in [0, 0.05) is 16.7 Å². The zero-order valence-electron chi connectivity index (χ0n) is 17.8. The van der Waals surface area contributed by atoms with E-state index in [4.69, 9.17) is 14.4 Å². The van der Waals surface area contributed by atoms with Crippen molar-refractivity contribution in [3.8, 4) is 0 Å². The fourth-order valence-electron chi connectivity index (χ4n) is 2.93. The molecule has 0 aliphatic rings. The number of alkyl halides is 3. The Hall–Kier alpha value is -3.36. The van der Waals surface area contributed by atoms with Crippen LogP contribution in [0.4, 0.5) is 13.2 Å². The first-order valence-corrected chi connectivity index (χ1v) is 9.23. The Labute approximate surface area is 178 Å². The average Bonchev–Trinajstić information content (AvgIpc) is 2.72. The summed E-state index contributed by atoms with van der Waals surface area (Å²) in [6.45, 7) is 5.03. The molecule has 0 spiro atoms. The number of oxime groups is 2. The lowest BCUT2D eigenvalue weighted by atomic mass is 9.99. The predicted octanol–water partition coefficient (Wildman–Crippen LogP) is 4.79. The van der Waals surface area contributed by atoms with E-state index in [0.717, 1.165) is 17.7 Å². The van der Waals surface area contributed by atoms with Gasteiger partial charge >= 0.3 is 12.1 Å². The van der Waals surface area contributed by atoms with E-state index in [2.05, 4.69) is 10.3 Å². The Morgan fingerprint density at radius 1 is 1.00 bits per heavy atom. The Morgan fingerprint density at radius 3 is 2.32 bits per heavy atom. The van der Waals surface area contributed by atoms with Crippen LogP contribution in [-0.4, -0.2) is 31.6 Å². The molecule has 0 radical (unpaired) electrons. The van der Waals surface area contributed by atoms with Gasteiger partial charge in [0.2, 0.25) is 0 Å². The van der Waals surface area contributed by atoms with Crippen LogP contribution in [-0.2, 0) is 32.0 Å². The number of aryl methyl sites for hydroxylation is 2. The minimum absolute atomic E-state index is 0.0401. The number of rotatable bonds is 7. The fourth-order valence-corrected chi connectivity index (χ4v) is 2.93. The van der Waals surface area contributed by atoms with Crippen LogP contribution in [0.3, 0.4) is 0 Å². The van der Waals surface area contributed by atoms with Crippen molar-refractivity contribution in [2.24, 2.45) is 10.3 Å². The van der Waals surface area contributed by atoms with Gasteiger partial charge in [-0.3, -0.25) is 0 Å². The molecule has 2 aromatic carbocycles. The molecule has 31 heavy (non-hydrogen) atoms. The highest BCUT2D eigenvalue weighted by Crippen LogP contribution is 2.30. The summed E-state index contributed by atoms with van der Waals surface area (Å²) < 4.78 is 43.8. The van der Waals surface area contributed by atoms with E-state index in [-0.39, 0.29) is 18.0 Å². The number of carbonyl (C=O) groups is 1. The Bertz CT molecular complexity index is 1010. The third-order valence-electron chi connectivity index (χ3n) is 4.59. The lowest BCUT2D eigenvalue weighted by Crippen LogP contribution is -2.20. The summed E-state index contributed by atoms with van der Waals surface area (Å²) in [5, 5.41) is 7.73. The largest absolute Gasteiger partial charge is 0.464 e. The van der Waals surface area contributed by atoms with Crippen molar-refractivity contribution >= 4 is 17.4 Å². The number of halogens is 3. The number of hydrogen-bond acceptors (Lipinski definition) is 6. The van der Waals surface area contributed by atoms with Crippen molar-refractivity contribution in [2.75, 3.05) is 14.2 Å². The van der Waals surface area contributed by atoms with E-state index < -0.39 is 17.7 Å². The average molecular weight is 436 g/mol. The van der Waals surface area contributed by atoms with Gasteiger partial charge in [-0.1, -0.05) is 34.6 Å². The van der Waals surface area contributed by atoms with Crippen molar-refractivity contribution < 1.29 is 32.4 Å². The van der Waals surface area contributed by atoms with Gasteiger partial charge in [-0.15, -0.1) is 0 Å². The number of ether oxygens (including phenoxy) is 1. The summed E-state index contributed by atoms with van der Waals surface area (Å²) in [6.07, 6.45) is -4.45. The van der Waals surface area contributed by atoms with Gasteiger partial charge < -0.3 is 14.4 Å². The molecule has 0 fully saturated rings. The van der Waals surface area contributed by atoms with Crippen molar-refractivity contribution in [1.82, 2.24) is 0 Å². The van der Waals surface area contributed by atoms with Crippen LogP contribution in [0.2, 0.25) is 0 Å². The molecule has 0 bridgehead atoms. The number of carbonyl (C=O) groups excluding carboxylic acids is 1. The highest BCUT2D eigenvalue weighted by Gasteiger charge is 2.31. The second-order valence-corrected chi connectivity index (χ2v) is 6.69. The number of esters is 1. The van der Waals surface area contributed by atoms with Crippen molar-refractivity contribution in [3.63, 3.8) is 0 Å². The lowest BCUT2D eigenvalue weighted by molar-refractivity contribution is -0.137. The first-order chi connectivity index (χ1) is 14.6. The van der Waals surface area contributed by atoms with Gasteiger partial charge in [0.05, 0.1) is 18.4 Å². The molecule has 0 aliphatic heterocycles. The third-order valence-corrected chi connectivity index (χ3v) is 4.59. The summed E-state index contributed by atoms with van der Waals surface area (Å²) in [5.74, 6) is -0.687. The maximum absolute atomic E-state index is 13.0. The van der Waals surface area contributed by atoms with Crippen molar-refractivity contribution in [2.45, 2.75) is 33.6 Å². The number of benzene rings is 2. The summed E-state index contributed by atoms with van der Waals surface area (Å²) >= 11 is 0. The molecule has 166 valence electrons. The van der Waals surface area contributed by atoms with E-state index in [1.54, 1.807) is 26.0 Å². The Morgan fingerprint density at radius 2 is 1.71 bits per heavy atom. The van der Waals surface area contributed by atoms with E-state index >= 15 is 0 Å². The minimum Gasteiger partial charge on any atom is -0.464 e. The van der Waals surface area contributed by atoms with Gasteiger partial charge in [-0.25, -0.2) is 4.79 Å². The zero-order valence-corrected chi connectivity index (χ0v) is 17.8. The molecule has 0 aromatic heterocycles. The molecule has 0 unspecified atom stereocenters. The number of methoxy groups -OCH3 is 1. The Balaban J connectivity index is 2.33. The lowest BCUT2D eigenvalue weighted by Gasteiger charge is -2.13. The first kappa shape index (κ1) is 23.9. The molecule has 0 amide bonds. The third kappa shape index (κ3) is 5.84. The normalized spacial score (nSPS) is 12.5. The second kappa shape index (κ2) is 10.1. The van der Waals surface area contributed by atoms with Crippen molar-refractivity contribution in [3.05, 3.63) is 69.8 Å². The summed E-state index contributed by atoms with van der Waals surface area (Å²) in [6, 6.07) is 8.67. The molecular formula is C22H23F3N2O4. The number of nitrogens with zero attached hydrogens (tertiary/aromatic N) is 2. The monoisotopic (exact) mass is 436 g/mol. The van der Waals surface area contributed by atoms with E-state index in [1.165, 1.54) is 20.3 Å². The minimum atomic E-state index is -4.45. The zero-order chi connectivity index (χ0) is 23.2. The second-order valence-electron chi connectivity index (χ2n) is 6.69. The molecule has 9 heteroatoms.